The van der Waals surface area contributed by atoms with E-state index in [1.54, 1.807) is 49.4 Å². The molecule has 0 saturated heterocycles. The second kappa shape index (κ2) is 10.5. The first-order chi connectivity index (χ1) is 16.4. The summed E-state index contributed by atoms with van der Waals surface area (Å²) < 4.78 is 19.5. The molecule has 3 aromatic carbocycles. The van der Waals surface area contributed by atoms with Crippen LogP contribution in [0, 0.1) is 5.82 Å². The lowest BCUT2D eigenvalue weighted by Gasteiger charge is -2.09. The molecule has 9 heteroatoms. The van der Waals surface area contributed by atoms with Crippen LogP contribution in [0.2, 0.25) is 5.02 Å². The molecular weight excluding hydrogens is 477 g/mol. The number of thiophene rings is 1. The number of nitrogens with zero attached hydrogens (tertiary/aromatic N) is 1. The molecule has 4 aromatic rings. The quantitative estimate of drug-likeness (QED) is 0.249. The fraction of sp³-hybridized carbons (Fsp3) is 0.0800. The van der Waals surface area contributed by atoms with Crippen molar-refractivity contribution in [2.24, 2.45) is 5.10 Å². The first kappa shape index (κ1) is 23.4. The van der Waals surface area contributed by atoms with Gasteiger partial charge in [-0.1, -0.05) is 41.9 Å². The number of carbonyl (C=O) groups is 2. The number of hydrogen-bond acceptors (Lipinski definition) is 5. The maximum Gasteiger partial charge on any atom is 0.283 e. The second-order valence-electron chi connectivity index (χ2n) is 7.25. The molecule has 1 heterocycles. The van der Waals surface area contributed by atoms with Crippen molar-refractivity contribution in [1.29, 1.82) is 0 Å². The van der Waals surface area contributed by atoms with E-state index in [1.807, 2.05) is 18.2 Å². The Balaban J connectivity index is 1.40. The minimum absolute atomic E-state index is 0.128. The second-order valence-corrected chi connectivity index (χ2v) is 8.68. The number of hydrogen-bond donors (Lipinski definition) is 2. The predicted molar refractivity (Wildman–Crippen MR) is 133 cm³/mol. The van der Waals surface area contributed by atoms with E-state index >= 15 is 0 Å². The highest BCUT2D eigenvalue weighted by Crippen LogP contribution is 2.35. The van der Waals surface area contributed by atoms with Gasteiger partial charge in [0.25, 0.3) is 11.8 Å². The lowest BCUT2D eigenvalue weighted by atomic mass is 10.1. The molecule has 0 fully saturated rings. The van der Waals surface area contributed by atoms with Gasteiger partial charge in [-0.3, -0.25) is 9.59 Å². The highest BCUT2D eigenvalue weighted by atomic mass is 35.5. The monoisotopic (exact) mass is 495 g/mol. The third-order valence-corrected chi connectivity index (χ3v) is 6.46. The molecule has 0 atom stereocenters. The number of anilines is 1. The first-order valence-electron chi connectivity index (χ1n) is 10.2. The van der Waals surface area contributed by atoms with E-state index in [0.717, 1.165) is 11.3 Å². The SMILES string of the molecule is C/C(=N\NC(=O)c1sc2cc(F)ccc2c1Cl)c1cccc(NC(=O)COc2ccccc2)c1. The standard InChI is InChI=1S/C25H19ClFN3O3S/c1-15(29-30-25(32)24-23(26)20-11-10-17(27)13-21(20)34-24)16-6-5-7-18(12-16)28-22(31)14-33-19-8-3-2-4-9-19/h2-13H,14H2,1H3,(H,28,31)(H,30,32)/b29-15+. The van der Waals surface area contributed by atoms with Crippen molar-refractivity contribution in [3.8, 4) is 5.75 Å². The van der Waals surface area contributed by atoms with Crippen LogP contribution in [-0.4, -0.2) is 24.1 Å². The number of nitrogens with one attached hydrogen (secondary N) is 2. The van der Waals surface area contributed by atoms with Gasteiger partial charge in [0.05, 0.1) is 10.7 Å². The molecule has 0 radical (unpaired) electrons. The van der Waals surface area contributed by atoms with Crippen molar-refractivity contribution < 1.29 is 18.7 Å². The van der Waals surface area contributed by atoms with Gasteiger partial charge in [-0.15, -0.1) is 11.3 Å². The summed E-state index contributed by atoms with van der Waals surface area (Å²) >= 11 is 7.39. The third kappa shape index (κ3) is 5.59. The van der Waals surface area contributed by atoms with E-state index in [9.17, 15) is 14.0 Å². The summed E-state index contributed by atoms with van der Waals surface area (Å²) in [7, 11) is 0. The average molecular weight is 496 g/mol. The van der Waals surface area contributed by atoms with Gasteiger partial charge in [-0.25, -0.2) is 9.82 Å². The number of ether oxygens (including phenoxy) is 1. The van der Waals surface area contributed by atoms with Gasteiger partial charge in [0.15, 0.2) is 6.61 Å². The highest BCUT2D eigenvalue weighted by Gasteiger charge is 2.17. The van der Waals surface area contributed by atoms with Crippen LogP contribution in [0.5, 0.6) is 5.75 Å². The summed E-state index contributed by atoms with van der Waals surface area (Å²) in [5.41, 5.74) is 4.27. The van der Waals surface area contributed by atoms with E-state index in [4.69, 9.17) is 16.3 Å². The van der Waals surface area contributed by atoms with Crippen LogP contribution in [0.3, 0.4) is 0 Å². The fourth-order valence-corrected chi connectivity index (χ4v) is 4.55. The first-order valence-corrected chi connectivity index (χ1v) is 11.4. The van der Waals surface area contributed by atoms with Gasteiger partial charge < -0.3 is 10.1 Å². The number of fused-ring (bicyclic) bond motifs is 1. The summed E-state index contributed by atoms with van der Waals surface area (Å²) in [6.07, 6.45) is 0. The summed E-state index contributed by atoms with van der Waals surface area (Å²) in [6, 6.07) is 20.3. The Morgan fingerprint density at radius 3 is 2.65 bits per heavy atom. The molecular formula is C25H19ClFN3O3S. The van der Waals surface area contributed by atoms with Crippen LogP contribution in [0.25, 0.3) is 10.1 Å². The van der Waals surface area contributed by atoms with Crippen LogP contribution in [-0.2, 0) is 4.79 Å². The highest BCUT2D eigenvalue weighted by molar-refractivity contribution is 7.21. The predicted octanol–water partition coefficient (Wildman–Crippen LogP) is 5.87. The number of halogens is 2. The maximum atomic E-state index is 13.5. The molecule has 1 aromatic heterocycles. The van der Waals surface area contributed by atoms with E-state index in [-0.39, 0.29) is 22.4 Å². The smallest absolute Gasteiger partial charge is 0.283 e. The number of amides is 2. The minimum atomic E-state index is -0.492. The Labute approximate surface area is 204 Å². The van der Waals surface area contributed by atoms with Crippen LogP contribution >= 0.6 is 22.9 Å². The molecule has 172 valence electrons. The summed E-state index contributed by atoms with van der Waals surface area (Å²) in [4.78, 5) is 25.1. The van der Waals surface area contributed by atoms with Crippen LogP contribution in [0.1, 0.15) is 22.2 Å². The van der Waals surface area contributed by atoms with Gasteiger partial charge in [-0.05, 0) is 55.0 Å². The Morgan fingerprint density at radius 1 is 1.06 bits per heavy atom. The molecule has 0 saturated carbocycles. The Morgan fingerprint density at radius 2 is 1.85 bits per heavy atom. The van der Waals surface area contributed by atoms with Gasteiger partial charge >= 0.3 is 0 Å². The molecule has 0 aliphatic rings. The third-order valence-electron chi connectivity index (χ3n) is 4.80. The lowest BCUT2D eigenvalue weighted by Crippen LogP contribution is -2.20. The zero-order chi connectivity index (χ0) is 24.1. The Kier molecular flexibility index (Phi) is 7.20. The van der Waals surface area contributed by atoms with Crippen molar-refractivity contribution in [3.63, 3.8) is 0 Å². The Bertz CT molecular complexity index is 1390. The molecule has 4 rings (SSSR count). The average Bonchev–Trinajstić information content (AvgIpc) is 3.17. The van der Waals surface area contributed by atoms with Gasteiger partial charge in [0.2, 0.25) is 0 Å². The molecule has 34 heavy (non-hydrogen) atoms. The van der Waals surface area contributed by atoms with Gasteiger partial charge in [0, 0.05) is 15.8 Å². The largest absolute Gasteiger partial charge is 0.484 e. The maximum absolute atomic E-state index is 13.5. The van der Waals surface area contributed by atoms with Crippen molar-refractivity contribution in [2.75, 3.05) is 11.9 Å². The number of hydrazone groups is 1. The van der Waals surface area contributed by atoms with Gasteiger partial charge in [0.1, 0.15) is 16.4 Å². The topological polar surface area (TPSA) is 79.8 Å². The van der Waals surface area contributed by atoms with Crippen LogP contribution in [0.4, 0.5) is 10.1 Å². The number of rotatable bonds is 7. The Hall–Kier alpha value is -3.75. The van der Waals surface area contributed by atoms with E-state index in [0.29, 0.717) is 32.8 Å². The van der Waals surface area contributed by atoms with E-state index in [2.05, 4.69) is 15.8 Å². The van der Waals surface area contributed by atoms with Crippen molar-refractivity contribution >= 4 is 56.2 Å². The van der Waals surface area contributed by atoms with Crippen LogP contribution < -0.4 is 15.5 Å². The van der Waals surface area contributed by atoms with Gasteiger partial charge in [-0.2, -0.15) is 5.10 Å². The van der Waals surface area contributed by atoms with Crippen molar-refractivity contribution in [1.82, 2.24) is 5.43 Å². The summed E-state index contributed by atoms with van der Waals surface area (Å²) in [5, 5.41) is 7.79. The van der Waals surface area contributed by atoms with Crippen LogP contribution in [0.15, 0.2) is 77.9 Å². The molecule has 0 unspecified atom stereocenters. The molecule has 0 aliphatic carbocycles. The number of benzene rings is 3. The summed E-state index contributed by atoms with van der Waals surface area (Å²) in [5.74, 6) is -0.591. The van der Waals surface area contributed by atoms with Crippen molar-refractivity contribution in [2.45, 2.75) is 6.92 Å². The molecule has 2 amide bonds. The molecule has 2 N–H and O–H groups in total. The van der Waals surface area contributed by atoms with Crippen molar-refractivity contribution in [3.05, 3.63) is 94.1 Å². The lowest BCUT2D eigenvalue weighted by molar-refractivity contribution is -0.118. The number of carbonyl (C=O) groups excluding carboxylic acids is 2. The summed E-state index contributed by atoms with van der Waals surface area (Å²) in [6.45, 7) is 1.60. The van der Waals surface area contributed by atoms with E-state index < -0.39 is 11.7 Å². The normalized spacial score (nSPS) is 11.3. The zero-order valence-corrected chi connectivity index (χ0v) is 19.5. The molecule has 6 nitrogen and oxygen atoms in total. The molecule has 0 aliphatic heterocycles. The minimum Gasteiger partial charge on any atom is -0.484 e. The molecule has 0 bridgehead atoms. The molecule has 0 spiro atoms. The van der Waals surface area contributed by atoms with E-state index in [1.165, 1.54) is 12.1 Å². The number of para-hydroxylation sites is 1. The fourth-order valence-electron chi connectivity index (χ4n) is 3.12. The zero-order valence-electron chi connectivity index (χ0n) is 18.0.